The molecule has 17 heavy (non-hydrogen) atoms. The molecule has 4 N–H and O–H groups in total. The Hall–Kier alpha value is -1.28. The van der Waals surface area contributed by atoms with Gasteiger partial charge in [-0.2, -0.15) is 0 Å². The number of nitrogens with two attached hydrogens (primary N) is 2. The molecule has 2 aromatic rings. The Morgan fingerprint density at radius 2 is 1.65 bits per heavy atom. The van der Waals surface area contributed by atoms with Gasteiger partial charge < -0.3 is 0 Å². The van der Waals surface area contributed by atoms with E-state index < -0.39 is 12.6 Å². The molecule has 1 atom stereocenters. The van der Waals surface area contributed by atoms with Crippen molar-refractivity contribution in [1.29, 1.82) is 0 Å². The van der Waals surface area contributed by atoms with E-state index in [1.54, 1.807) is 0 Å². The molecule has 1 aliphatic rings. The van der Waals surface area contributed by atoms with E-state index >= 15 is 0 Å². The first kappa shape index (κ1) is 10.8. The topological polar surface area (TPSA) is 52.0 Å². The Labute approximate surface area is 107 Å². The van der Waals surface area contributed by atoms with Crippen molar-refractivity contribution in [3.05, 3.63) is 51.2 Å². The van der Waals surface area contributed by atoms with Gasteiger partial charge in [0.1, 0.15) is 0 Å². The van der Waals surface area contributed by atoms with Crippen LogP contribution in [-0.2, 0) is 0 Å². The first-order valence-corrected chi connectivity index (χ1v) is 9.16. The number of anilines is 2. The molecular weight excluding hydrogens is 299 g/mol. The average molecular weight is 310 g/mol. The van der Waals surface area contributed by atoms with Gasteiger partial charge in [0.25, 0.3) is 0 Å². The van der Waals surface area contributed by atoms with Crippen LogP contribution in [-0.4, -0.2) is 12.6 Å². The van der Waals surface area contributed by atoms with Gasteiger partial charge in [0, 0.05) is 0 Å². The van der Waals surface area contributed by atoms with Crippen molar-refractivity contribution in [1.82, 2.24) is 0 Å². The van der Waals surface area contributed by atoms with Gasteiger partial charge in [0.15, 0.2) is 0 Å². The van der Waals surface area contributed by atoms with Crippen molar-refractivity contribution >= 4 is 44.6 Å². The third kappa shape index (κ3) is 1.77. The quantitative estimate of drug-likeness (QED) is 0.563. The SMILES string of the molecule is Nc1ccc2c(c1)[Se](Cl)=c1cc(N)ccc1=C2. The van der Waals surface area contributed by atoms with Gasteiger partial charge >= 0.3 is 107 Å². The van der Waals surface area contributed by atoms with Gasteiger partial charge in [-0.25, -0.2) is 0 Å². The zero-order chi connectivity index (χ0) is 12.0. The average Bonchev–Trinajstić information content (AvgIpc) is 2.32. The zero-order valence-corrected chi connectivity index (χ0v) is 11.5. The van der Waals surface area contributed by atoms with E-state index in [-0.39, 0.29) is 0 Å². The van der Waals surface area contributed by atoms with Crippen molar-refractivity contribution < 1.29 is 0 Å². The molecule has 0 amide bonds. The van der Waals surface area contributed by atoms with Crippen LogP contribution < -0.4 is 21.1 Å². The van der Waals surface area contributed by atoms with Crippen molar-refractivity contribution in [2.75, 3.05) is 11.5 Å². The molecule has 86 valence electrons. The summed E-state index contributed by atoms with van der Waals surface area (Å²) in [5, 5.41) is 1.18. The monoisotopic (exact) mass is 310 g/mol. The molecule has 0 bridgehead atoms. The predicted octanol–water partition coefficient (Wildman–Crippen LogP) is 0.963. The van der Waals surface area contributed by atoms with Gasteiger partial charge in [-0.05, 0) is 0 Å². The summed E-state index contributed by atoms with van der Waals surface area (Å²) in [5.41, 5.74) is 14.3. The van der Waals surface area contributed by atoms with Crippen molar-refractivity contribution in [3.8, 4) is 0 Å². The number of nitrogen functional groups attached to an aromatic ring is 2. The Kier molecular flexibility index (Phi) is 2.48. The number of fused-ring (bicyclic) bond motifs is 2. The molecule has 0 aliphatic carbocycles. The Morgan fingerprint density at radius 1 is 0.941 bits per heavy atom. The molecule has 3 rings (SSSR count). The van der Waals surface area contributed by atoms with Crippen LogP contribution in [0.2, 0.25) is 0 Å². The molecular formula is C13H11ClN2Se. The summed E-state index contributed by atoms with van der Waals surface area (Å²) in [5.74, 6) is 0. The molecule has 0 fully saturated rings. The molecule has 2 nitrogen and oxygen atoms in total. The second kappa shape index (κ2) is 3.88. The van der Waals surface area contributed by atoms with Crippen LogP contribution in [0.1, 0.15) is 5.56 Å². The first-order chi connectivity index (χ1) is 8.15. The predicted molar refractivity (Wildman–Crippen MR) is 75.0 cm³/mol. The summed E-state index contributed by atoms with van der Waals surface area (Å²) in [6.07, 6.45) is 2.14. The summed E-state index contributed by atoms with van der Waals surface area (Å²) in [7, 11) is 6.62. The summed E-state index contributed by atoms with van der Waals surface area (Å²) >= 11 is -1.52. The molecule has 0 saturated heterocycles. The van der Waals surface area contributed by atoms with E-state index in [0.29, 0.717) is 0 Å². The van der Waals surface area contributed by atoms with Crippen LogP contribution in [0.25, 0.3) is 6.08 Å². The summed E-state index contributed by atoms with van der Waals surface area (Å²) in [4.78, 5) is 0. The van der Waals surface area contributed by atoms with E-state index in [0.717, 1.165) is 11.4 Å². The fourth-order valence-electron chi connectivity index (χ4n) is 1.94. The minimum absolute atomic E-state index is 0.763. The number of rotatable bonds is 0. The second-order valence-corrected chi connectivity index (χ2v) is 8.52. The van der Waals surface area contributed by atoms with Crippen LogP contribution in [0.4, 0.5) is 11.4 Å². The van der Waals surface area contributed by atoms with Gasteiger partial charge in [-0.1, -0.05) is 0 Å². The normalized spacial score (nSPS) is 16.9. The maximum atomic E-state index is 6.62. The minimum atomic E-state index is -1.52. The van der Waals surface area contributed by atoms with Gasteiger partial charge in [0.2, 0.25) is 0 Å². The standard InChI is InChI=1S/C13H11ClN2Se/c14-17-12-6-10(15)3-1-8(12)5-9-2-4-11(16)7-13(9)17/h1-7H,15-16H2. The van der Waals surface area contributed by atoms with Crippen LogP contribution in [0.5, 0.6) is 0 Å². The molecule has 1 heterocycles. The Morgan fingerprint density at radius 3 is 2.47 bits per heavy atom. The van der Waals surface area contributed by atoms with E-state index in [1.165, 1.54) is 19.3 Å². The summed E-state index contributed by atoms with van der Waals surface area (Å²) in [6, 6.07) is 11.8. The van der Waals surface area contributed by atoms with Crippen LogP contribution in [0.15, 0.2) is 36.4 Å². The van der Waals surface area contributed by atoms with Crippen LogP contribution in [0, 0.1) is 4.06 Å². The number of hydrogen-bond acceptors (Lipinski definition) is 2. The third-order valence-corrected chi connectivity index (χ3v) is 7.60. The summed E-state index contributed by atoms with van der Waals surface area (Å²) in [6.45, 7) is 0. The van der Waals surface area contributed by atoms with E-state index in [1.807, 2.05) is 36.4 Å². The molecule has 1 aliphatic heterocycles. The van der Waals surface area contributed by atoms with Gasteiger partial charge in [-0.15, -0.1) is 0 Å². The maximum absolute atomic E-state index is 6.62. The van der Waals surface area contributed by atoms with E-state index in [9.17, 15) is 0 Å². The van der Waals surface area contributed by atoms with E-state index in [2.05, 4.69) is 6.08 Å². The number of benzene rings is 2. The van der Waals surface area contributed by atoms with Crippen LogP contribution >= 0.6 is 10.1 Å². The molecule has 1 unspecified atom stereocenters. The van der Waals surface area contributed by atoms with Gasteiger partial charge in [-0.3, -0.25) is 0 Å². The van der Waals surface area contributed by atoms with E-state index in [4.69, 9.17) is 21.6 Å². The summed E-state index contributed by atoms with van der Waals surface area (Å²) < 4.78 is 2.34. The van der Waals surface area contributed by atoms with Crippen molar-refractivity contribution in [3.63, 3.8) is 0 Å². The first-order valence-electron chi connectivity index (χ1n) is 5.19. The second-order valence-electron chi connectivity index (χ2n) is 4.00. The van der Waals surface area contributed by atoms with Crippen LogP contribution in [0.3, 0.4) is 0 Å². The fraction of sp³-hybridized carbons (Fsp3) is 0. The Balaban J connectivity index is 2.44. The zero-order valence-electron chi connectivity index (χ0n) is 8.98. The molecule has 0 saturated carbocycles. The number of halogens is 1. The molecule has 0 radical (unpaired) electrons. The van der Waals surface area contributed by atoms with Crippen molar-refractivity contribution in [2.45, 2.75) is 0 Å². The molecule has 0 spiro atoms. The third-order valence-electron chi connectivity index (χ3n) is 2.77. The fourth-order valence-corrected chi connectivity index (χ4v) is 6.23. The number of hydrogen-bond donors (Lipinski definition) is 2. The van der Waals surface area contributed by atoms with Crippen molar-refractivity contribution in [2.24, 2.45) is 0 Å². The van der Waals surface area contributed by atoms with Gasteiger partial charge in [0.05, 0.1) is 0 Å². The Bertz CT molecular complexity index is 738. The molecule has 0 aromatic heterocycles. The molecule has 4 heteroatoms. The molecule has 2 aromatic carbocycles.